The van der Waals surface area contributed by atoms with E-state index in [0.717, 1.165) is 23.1 Å². The first-order valence-corrected chi connectivity index (χ1v) is 7.71. The summed E-state index contributed by atoms with van der Waals surface area (Å²) in [6.45, 7) is 6.48. The lowest BCUT2D eigenvalue weighted by atomic mass is 9.86. The molecule has 1 amide bonds. The number of aromatic amines is 1. The van der Waals surface area contributed by atoms with Crippen molar-refractivity contribution >= 4 is 40.4 Å². The van der Waals surface area contributed by atoms with Crippen LogP contribution in [0.3, 0.4) is 0 Å². The summed E-state index contributed by atoms with van der Waals surface area (Å²) in [5.74, 6) is 0.551. The zero-order valence-corrected chi connectivity index (χ0v) is 13.1. The third-order valence-electron chi connectivity index (χ3n) is 3.43. The fourth-order valence-corrected chi connectivity index (χ4v) is 2.99. The number of benzene rings is 1. The molecular weight excluding hydrogens is 282 g/mol. The van der Waals surface area contributed by atoms with Gasteiger partial charge in [-0.1, -0.05) is 32.9 Å². The predicted molar refractivity (Wildman–Crippen MR) is 87.3 cm³/mol. The Morgan fingerprint density at radius 1 is 1.29 bits per heavy atom. The molecule has 1 aromatic carbocycles. The lowest BCUT2D eigenvalue weighted by Gasteiger charge is -2.19. The molecule has 1 N–H and O–H groups in total. The van der Waals surface area contributed by atoms with Crippen LogP contribution in [0.25, 0.3) is 11.0 Å². The molecule has 0 aliphatic rings. The molecule has 0 saturated carbocycles. The quantitative estimate of drug-likeness (QED) is 0.736. The molecule has 2 aromatic heterocycles. The number of H-pyrrole nitrogens is 1. The van der Waals surface area contributed by atoms with Gasteiger partial charge in [0.2, 0.25) is 12.4 Å². The van der Waals surface area contributed by atoms with Gasteiger partial charge in [0.05, 0.1) is 16.7 Å². The number of aromatic nitrogens is 2. The average molecular weight is 299 g/mol. The fourth-order valence-electron chi connectivity index (χ4n) is 2.37. The van der Waals surface area contributed by atoms with Gasteiger partial charge in [0.1, 0.15) is 0 Å². The lowest BCUT2D eigenvalue weighted by Crippen LogP contribution is -2.15. The van der Waals surface area contributed by atoms with Crippen molar-refractivity contribution in [2.75, 3.05) is 4.90 Å². The van der Waals surface area contributed by atoms with E-state index < -0.39 is 0 Å². The number of nitrogens with zero attached hydrogens (tertiary/aromatic N) is 2. The van der Waals surface area contributed by atoms with E-state index in [1.165, 1.54) is 10.5 Å². The van der Waals surface area contributed by atoms with Crippen molar-refractivity contribution in [2.24, 2.45) is 0 Å². The van der Waals surface area contributed by atoms with E-state index in [2.05, 4.69) is 36.8 Å². The van der Waals surface area contributed by atoms with Gasteiger partial charge in [-0.05, 0) is 28.5 Å². The van der Waals surface area contributed by atoms with Gasteiger partial charge in [0.25, 0.3) is 0 Å². The smallest absolute Gasteiger partial charge is 0.221 e. The zero-order chi connectivity index (χ0) is 15.0. The number of rotatable bonds is 3. The molecular formula is C16H17N3OS. The Morgan fingerprint density at radius 3 is 2.71 bits per heavy atom. The second kappa shape index (κ2) is 5.00. The third-order valence-corrected chi connectivity index (χ3v) is 4.10. The second-order valence-corrected chi connectivity index (χ2v) is 6.75. The van der Waals surface area contributed by atoms with Gasteiger partial charge in [-0.25, -0.2) is 4.98 Å². The highest BCUT2D eigenvalue weighted by Crippen LogP contribution is 2.31. The highest BCUT2D eigenvalue weighted by molar-refractivity contribution is 7.08. The van der Waals surface area contributed by atoms with Gasteiger partial charge in [-0.2, -0.15) is 11.3 Å². The molecule has 3 aromatic rings. The number of amides is 1. The SMILES string of the molecule is CC(C)(C)c1cccc2[nH]c(N(C=O)c3ccsc3)nc12. The van der Waals surface area contributed by atoms with Crippen LogP contribution in [0.1, 0.15) is 26.3 Å². The molecule has 0 atom stereocenters. The Balaban J connectivity index is 2.15. The minimum Gasteiger partial charge on any atom is -0.323 e. The van der Waals surface area contributed by atoms with Gasteiger partial charge in [-0.15, -0.1) is 0 Å². The van der Waals surface area contributed by atoms with Crippen LogP contribution in [-0.2, 0) is 10.2 Å². The number of para-hydroxylation sites is 1. The van der Waals surface area contributed by atoms with E-state index in [4.69, 9.17) is 0 Å². The van der Waals surface area contributed by atoms with Crippen molar-refractivity contribution in [3.8, 4) is 0 Å². The largest absolute Gasteiger partial charge is 0.323 e. The Hall–Kier alpha value is -2.14. The van der Waals surface area contributed by atoms with Crippen molar-refractivity contribution in [2.45, 2.75) is 26.2 Å². The topological polar surface area (TPSA) is 49.0 Å². The molecule has 21 heavy (non-hydrogen) atoms. The van der Waals surface area contributed by atoms with E-state index in [1.807, 2.05) is 29.0 Å². The van der Waals surface area contributed by atoms with Crippen molar-refractivity contribution < 1.29 is 4.79 Å². The molecule has 0 aliphatic heterocycles. The normalized spacial score (nSPS) is 11.8. The van der Waals surface area contributed by atoms with Crippen LogP contribution in [0.15, 0.2) is 35.0 Å². The summed E-state index contributed by atoms with van der Waals surface area (Å²) in [4.78, 5) is 20.8. The van der Waals surface area contributed by atoms with E-state index >= 15 is 0 Å². The van der Waals surface area contributed by atoms with Gasteiger partial charge in [-0.3, -0.25) is 9.69 Å². The summed E-state index contributed by atoms with van der Waals surface area (Å²) in [7, 11) is 0. The average Bonchev–Trinajstić information content (AvgIpc) is 3.06. The molecule has 4 nitrogen and oxygen atoms in total. The minimum absolute atomic E-state index is 0.000360. The molecule has 0 aliphatic carbocycles. The predicted octanol–water partition coefficient (Wildman–Crippen LogP) is 4.22. The summed E-state index contributed by atoms with van der Waals surface area (Å²) >= 11 is 1.55. The summed E-state index contributed by atoms with van der Waals surface area (Å²) in [6.07, 6.45) is 0.788. The number of thiophene rings is 1. The number of anilines is 2. The molecule has 0 saturated heterocycles. The highest BCUT2D eigenvalue weighted by atomic mass is 32.1. The molecule has 0 bridgehead atoms. The van der Waals surface area contributed by atoms with Crippen LogP contribution >= 0.6 is 11.3 Å². The highest BCUT2D eigenvalue weighted by Gasteiger charge is 2.20. The van der Waals surface area contributed by atoms with Gasteiger partial charge in [0, 0.05) is 5.38 Å². The summed E-state index contributed by atoms with van der Waals surface area (Å²) < 4.78 is 0. The number of carbonyl (C=O) groups excluding carboxylic acids is 1. The van der Waals surface area contributed by atoms with E-state index in [-0.39, 0.29) is 5.41 Å². The van der Waals surface area contributed by atoms with Crippen LogP contribution in [0.4, 0.5) is 11.6 Å². The molecule has 0 fully saturated rings. The maximum atomic E-state index is 11.4. The summed E-state index contributed by atoms with van der Waals surface area (Å²) in [5.41, 5.74) is 3.85. The summed E-state index contributed by atoms with van der Waals surface area (Å²) in [6, 6.07) is 7.98. The summed E-state index contributed by atoms with van der Waals surface area (Å²) in [5, 5.41) is 3.86. The van der Waals surface area contributed by atoms with Gasteiger partial charge in [0.15, 0.2) is 0 Å². The number of fused-ring (bicyclic) bond motifs is 1. The number of carbonyl (C=O) groups is 1. The van der Waals surface area contributed by atoms with E-state index in [1.54, 1.807) is 11.3 Å². The molecule has 3 rings (SSSR count). The lowest BCUT2D eigenvalue weighted by molar-refractivity contribution is -0.106. The third kappa shape index (κ3) is 2.45. The van der Waals surface area contributed by atoms with Crippen molar-refractivity contribution in [3.63, 3.8) is 0 Å². The van der Waals surface area contributed by atoms with E-state index in [9.17, 15) is 4.79 Å². The van der Waals surface area contributed by atoms with E-state index in [0.29, 0.717) is 5.95 Å². The van der Waals surface area contributed by atoms with Crippen molar-refractivity contribution in [1.82, 2.24) is 9.97 Å². The Bertz CT molecular complexity index is 769. The van der Waals surface area contributed by atoms with Crippen molar-refractivity contribution in [3.05, 3.63) is 40.6 Å². The maximum Gasteiger partial charge on any atom is 0.221 e. The number of imidazole rings is 1. The maximum absolute atomic E-state index is 11.4. The van der Waals surface area contributed by atoms with Crippen LogP contribution in [0.2, 0.25) is 0 Å². The van der Waals surface area contributed by atoms with Crippen LogP contribution in [-0.4, -0.2) is 16.4 Å². The Kier molecular flexibility index (Phi) is 3.29. The standard InChI is InChI=1S/C16H17N3OS/c1-16(2,3)12-5-4-6-13-14(12)18-15(17-13)19(10-20)11-7-8-21-9-11/h4-10H,1-3H3,(H,17,18). The number of nitrogens with one attached hydrogen (secondary N) is 1. The minimum atomic E-state index is 0.000360. The zero-order valence-electron chi connectivity index (χ0n) is 12.3. The van der Waals surface area contributed by atoms with Crippen LogP contribution in [0, 0.1) is 0 Å². The first kappa shape index (κ1) is 13.8. The van der Waals surface area contributed by atoms with Crippen LogP contribution < -0.4 is 4.90 Å². The number of hydrogen-bond donors (Lipinski definition) is 1. The molecule has 2 heterocycles. The molecule has 0 radical (unpaired) electrons. The van der Waals surface area contributed by atoms with Crippen molar-refractivity contribution in [1.29, 1.82) is 0 Å². The first-order valence-electron chi connectivity index (χ1n) is 6.76. The van der Waals surface area contributed by atoms with Crippen LogP contribution in [0.5, 0.6) is 0 Å². The molecule has 5 heteroatoms. The molecule has 0 unspecified atom stereocenters. The fraction of sp³-hybridized carbons (Fsp3) is 0.250. The number of hydrogen-bond acceptors (Lipinski definition) is 3. The monoisotopic (exact) mass is 299 g/mol. The van der Waals surface area contributed by atoms with Gasteiger partial charge >= 0.3 is 0 Å². The van der Waals surface area contributed by atoms with Gasteiger partial charge < -0.3 is 4.98 Å². The molecule has 108 valence electrons. The first-order chi connectivity index (χ1) is 10.0. The second-order valence-electron chi connectivity index (χ2n) is 5.97. The Labute approximate surface area is 127 Å². The molecule has 0 spiro atoms. The Morgan fingerprint density at radius 2 is 2.10 bits per heavy atom.